The molecule has 1 atom stereocenters. The predicted molar refractivity (Wildman–Crippen MR) is 121 cm³/mol. The number of thioether (sulfide) groups is 1. The van der Waals surface area contributed by atoms with Gasteiger partial charge in [0.25, 0.3) is 0 Å². The molecule has 0 radical (unpaired) electrons. The topological polar surface area (TPSA) is 43.7 Å². The largest absolute Gasteiger partial charge is 0.497 e. The first-order valence-corrected chi connectivity index (χ1v) is 11.6. The minimum atomic E-state index is 0.0440. The fourth-order valence-corrected chi connectivity index (χ4v) is 5.56. The van der Waals surface area contributed by atoms with Crippen LogP contribution in [0.15, 0.2) is 42.5 Å². The molecule has 1 aromatic heterocycles. The lowest BCUT2D eigenvalue weighted by atomic mass is 10.0. The molecule has 5 rings (SSSR count). The first kappa shape index (κ1) is 19.5. The molecular weight excluding hydrogens is 396 g/mol. The van der Waals surface area contributed by atoms with E-state index in [-0.39, 0.29) is 11.9 Å². The van der Waals surface area contributed by atoms with E-state index < -0.39 is 0 Å². The molecule has 1 unspecified atom stereocenters. The molecule has 0 saturated carbocycles. The second-order valence-corrected chi connectivity index (χ2v) is 9.16. The van der Waals surface area contributed by atoms with Crippen LogP contribution in [-0.2, 0) is 6.54 Å². The van der Waals surface area contributed by atoms with Gasteiger partial charge in [-0.3, -0.25) is 9.69 Å². The van der Waals surface area contributed by atoms with Gasteiger partial charge in [-0.25, -0.2) is 0 Å². The maximum atomic E-state index is 13.4. The number of carbonyl (C=O) groups excluding carboxylic acids is 1. The molecule has 1 fully saturated rings. The number of ether oxygens (including phenoxy) is 2. The highest BCUT2D eigenvalue weighted by atomic mass is 32.2. The van der Waals surface area contributed by atoms with Crippen molar-refractivity contribution in [3.8, 4) is 11.5 Å². The quantitative estimate of drug-likeness (QED) is 0.582. The molecule has 30 heavy (non-hydrogen) atoms. The number of aromatic nitrogens is 1. The molecule has 0 spiro atoms. The number of hydrogen-bond donors (Lipinski definition) is 0. The molecule has 0 amide bonds. The van der Waals surface area contributed by atoms with E-state index in [1.165, 1.54) is 11.5 Å². The highest BCUT2D eigenvalue weighted by Gasteiger charge is 2.30. The number of benzene rings is 2. The lowest BCUT2D eigenvalue weighted by molar-refractivity contribution is 0.103. The van der Waals surface area contributed by atoms with Crippen molar-refractivity contribution in [3.05, 3.63) is 59.3 Å². The van der Waals surface area contributed by atoms with E-state index in [1.54, 1.807) is 7.11 Å². The van der Waals surface area contributed by atoms with Crippen LogP contribution in [0, 0.1) is 6.92 Å². The zero-order valence-corrected chi connectivity index (χ0v) is 18.2. The van der Waals surface area contributed by atoms with Gasteiger partial charge >= 0.3 is 0 Å². The van der Waals surface area contributed by atoms with Crippen molar-refractivity contribution in [2.24, 2.45) is 0 Å². The standard InChI is InChI=1S/C24H26N2O3S/c1-16-22(24(27)17-6-8-18(28-2)9-7-17)20-4-3-5-21-23(20)26(16)15-19(29-21)14-25-10-12-30-13-11-25/h3-9,19H,10-15H2,1-2H3. The Kier molecular flexibility index (Phi) is 5.21. The Morgan fingerprint density at radius 2 is 1.93 bits per heavy atom. The van der Waals surface area contributed by atoms with E-state index in [4.69, 9.17) is 9.47 Å². The van der Waals surface area contributed by atoms with E-state index in [0.717, 1.165) is 59.8 Å². The maximum Gasteiger partial charge on any atom is 0.195 e. The normalized spacial score (nSPS) is 18.9. The van der Waals surface area contributed by atoms with Gasteiger partial charge in [0.2, 0.25) is 0 Å². The van der Waals surface area contributed by atoms with Crippen molar-refractivity contribution in [1.29, 1.82) is 0 Å². The Labute approximate surface area is 180 Å². The van der Waals surface area contributed by atoms with Gasteiger partial charge < -0.3 is 14.0 Å². The summed E-state index contributed by atoms with van der Waals surface area (Å²) in [5, 5.41) is 0.971. The van der Waals surface area contributed by atoms with Crippen molar-refractivity contribution < 1.29 is 14.3 Å². The number of rotatable bonds is 5. The SMILES string of the molecule is COc1ccc(C(=O)c2c(C)n3c4c(cccc24)OC(CN2CCSCC2)C3)cc1. The molecule has 3 aromatic rings. The van der Waals surface area contributed by atoms with E-state index in [0.29, 0.717) is 5.56 Å². The molecule has 3 heterocycles. The molecule has 2 aliphatic heterocycles. The summed E-state index contributed by atoms with van der Waals surface area (Å²) in [6.45, 7) is 6.00. The Hall–Kier alpha value is -2.44. The molecule has 2 aliphatic rings. The van der Waals surface area contributed by atoms with Crippen LogP contribution in [-0.4, -0.2) is 59.6 Å². The molecule has 0 N–H and O–H groups in total. The lowest BCUT2D eigenvalue weighted by Gasteiger charge is -2.33. The number of para-hydroxylation sites is 1. The first-order chi connectivity index (χ1) is 14.7. The molecule has 0 aliphatic carbocycles. The molecule has 1 saturated heterocycles. The van der Waals surface area contributed by atoms with E-state index in [2.05, 4.69) is 16.4 Å². The smallest absolute Gasteiger partial charge is 0.195 e. The Bertz CT molecular complexity index is 1080. The third-order valence-corrected chi connectivity index (χ3v) is 7.07. The van der Waals surface area contributed by atoms with Crippen LogP contribution in [0.1, 0.15) is 21.6 Å². The average molecular weight is 423 g/mol. The van der Waals surface area contributed by atoms with Gasteiger partial charge in [-0.2, -0.15) is 11.8 Å². The second kappa shape index (κ2) is 8.00. The molecule has 6 heteroatoms. The fourth-order valence-electron chi connectivity index (χ4n) is 4.58. The van der Waals surface area contributed by atoms with Crippen molar-refractivity contribution >= 4 is 28.4 Å². The number of carbonyl (C=O) groups is 1. The summed E-state index contributed by atoms with van der Waals surface area (Å²) in [7, 11) is 1.63. The molecule has 0 bridgehead atoms. The van der Waals surface area contributed by atoms with Crippen LogP contribution < -0.4 is 9.47 Å². The van der Waals surface area contributed by atoms with Gasteiger partial charge in [0.05, 0.1) is 24.7 Å². The van der Waals surface area contributed by atoms with Crippen LogP contribution in [0.5, 0.6) is 11.5 Å². The molecular formula is C24H26N2O3S. The third-order valence-electron chi connectivity index (χ3n) is 6.13. The summed E-state index contributed by atoms with van der Waals surface area (Å²) in [4.78, 5) is 15.9. The van der Waals surface area contributed by atoms with E-state index in [9.17, 15) is 4.79 Å². The third kappa shape index (κ3) is 3.38. The van der Waals surface area contributed by atoms with Crippen molar-refractivity contribution in [2.45, 2.75) is 19.6 Å². The van der Waals surface area contributed by atoms with E-state index >= 15 is 0 Å². The minimum Gasteiger partial charge on any atom is -0.497 e. The van der Waals surface area contributed by atoms with Crippen molar-refractivity contribution in [1.82, 2.24) is 9.47 Å². The number of methoxy groups -OCH3 is 1. The zero-order chi connectivity index (χ0) is 20.7. The summed E-state index contributed by atoms with van der Waals surface area (Å²) in [6.07, 6.45) is 0.0984. The summed E-state index contributed by atoms with van der Waals surface area (Å²) in [5.74, 6) is 4.06. The summed E-state index contributed by atoms with van der Waals surface area (Å²) < 4.78 is 13.9. The average Bonchev–Trinajstić information content (AvgIpc) is 3.07. The molecule has 156 valence electrons. The van der Waals surface area contributed by atoms with Gasteiger partial charge in [0, 0.05) is 47.8 Å². The van der Waals surface area contributed by atoms with Crippen molar-refractivity contribution in [3.63, 3.8) is 0 Å². The van der Waals surface area contributed by atoms with Crippen LogP contribution in [0.3, 0.4) is 0 Å². The second-order valence-electron chi connectivity index (χ2n) is 7.93. The monoisotopic (exact) mass is 422 g/mol. The van der Waals surface area contributed by atoms with Gasteiger partial charge in [-0.15, -0.1) is 0 Å². The number of nitrogens with zero attached hydrogens (tertiary/aromatic N) is 2. The maximum absolute atomic E-state index is 13.4. The van der Waals surface area contributed by atoms with Crippen LogP contribution in [0.4, 0.5) is 0 Å². The van der Waals surface area contributed by atoms with Gasteiger partial charge in [-0.05, 0) is 37.3 Å². The highest BCUT2D eigenvalue weighted by molar-refractivity contribution is 7.99. The summed E-state index contributed by atoms with van der Waals surface area (Å²) in [6, 6.07) is 13.4. The van der Waals surface area contributed by atoms with Gasteiger partial charge in [0.1, 0.15) is 17.6 Å². The Morgan fingerprint density at radius 3 is 2.67 bits per heavy atom. The molecule has 5 nitrogen and oxygen atoms in total. The van der Waals surface area contributed by atoms with E-state index in [1.807, 2.05) is 54.2 Å². The minimum absolute atomic E-state index is 0.0440. The van der Waals surface area contributed by atoms with Crippen LogP contribution in [0.2, 0.25) is 0 Å². The summed E-state index contributed by atoms with van der Waals surface area (Å²) in [5.41, 5.74) is 3.50. The number of ketones is 1. The fraction of sp³-hybridized carbons (Fsp3) is 0.375. The summed E-state index contributed by atoms with van der Waals surface area (Å²) >= 11 is 2.02. The van der Waals surface area contributed by atoms with Gasteiger partial charge in [0.15, 0.2) is 5.78 Å². The first-order valence-electron chi connectivity index (χ1n) is 10.4. The van der Waals surface area contributed by atoms with Gasteiger partial charge in [-0.1, -0.05) is 12.1 Å². The highest BCUT2D eigenvalue weighted by Crippen LogP contribution is 2.37. The van der Waals surface area contributed by atoms with Crippen LogP contribution >= 0.6 is 11.8 Å². The Balaban J connectivity index is 1.50. The Morgan fingerprint density at radius 1 is 1.17 bits per heavy atom. The lowest BCUT2D eigenvalue weighted by Crippen LogP contribution is -2.43. The van der Waals surface area contributed by atoms with Crippen molar-refractivity contribution in [2.75, 3.05) is 38.2 Å². The zero-order valence-electron chi connectivity index (χ0n) is 17.4. The predicted octanol–water partition coefficient (Wildman–Crippen LogP) is 4.00. The molecule has 2 aromatic carbocycles. The number of hydrogen-bond acceptors (Lipinski definition) is 5. The van der Waals surface area contributed by atoms with Crippen LogP contribution in [0.25, 0.3) is 10.9 Å².